The molecule has 1 fully saturated rings. The summed E-state index contributed by atoms with van der Waals surface area (Å²) in [7, 11) is 0. The van der Waals surface area contributed by atoms with Crippen molar-refractivity contribution in [1.82, 2.24) is 19.9 Å². The largest absolute Gasteiger partial charge is 0.477 e. The van der Waals surface area contributed by atoms with Crippen molar-refractivity contribution in [2.75, 3.05) is 43.4 Å². The normalized spacial score (nSPS) is 13.5. The van der Waals surface area contributed by atoms with Crippen LogP contribution < -0.4 is 15.4 Å². The van der Waals surface area contributed by atoms with Gasteiger partial charge in [-0.3, -0.25) is 9.78 Å². The number of pyridine rings is 1. The maximum absolute atomic E-state index is 13.7. The number of rotatable bonds is 8. The van der Waals surface area contributed by atoms with Crippen LogP contribution in [0.15, 0.2) is 66.7 Å². The summed E-state index contributed by atoms with van der Waals surface area (Å²) in [5.41, 5.74) is 10.6. The van der Waals surface area contributed by atoms with Crippen LogP contribution in [0.25, 0.3) is 22.4 Å². The van der Waals surface area contributed by atoms with Gasteiger partial charge in [0.15, 0.2) is 0 Å². The van der Waals surface area contributed by atoms with Gasteiger partial charge in [-0.2, -0.15) is 4.98 Å². The van der Waals surface area contributed by atoms with Crippen LogP contribution in [0.5, 0.6) is 5.88 Å². The zero-order chi connectivity index (χ0) is 28.9. The number of hydrogen-bond acceptors (Lipinski definition) is 7. The number of nitrogens with two attached hydrogens (primary N) is 1. The number of aromatic nitrogens is 3. The van der Waals surface area contributed by atoms with Crippen LogP contribution >= 0.6 is 0 Å². The molecule has 0 atom stereocenters. The number of piperazine rings is 1. The monoisotopic (exact) mass is 558 g/mol. The SMILES string of the molecule is CC(=O)N1CCN(c2ccc(CCOc3nc(N)nc(-c4ccccc4)c3-c3cc(C)nc(C(F)F)c3)cc2)CC1. The van der Waals surface area contributed by atoms with E-state index in [1.54, 1.807) is 19.9 Å². The Hall–Kier alpha value is -4.60. The van der Waals surface area contributed by atoms with E-state index >= 15 is 0 Å². The van der Waals surface area contributed by atoms with E-state index < -0.39 is 6.43 Å². The van der Waals surface area contributed by atoms with Crippen LogP contribution in [0.4, 0.5) is 20.4 Å². The number of alkyl halides is 2. The first-order valence-corrected chi connectivity index (χ1v) is 13.5. The molecule has 1 amide bonds. The lowest BCUT2D eigenvalue weighted by molar-refractivity contribution is -0.129. The predicted octanol–water partition coefficient (Wildman–Crippen LogP) is 5.32. The van der Waals surface area contributed by atoms with Crippen molar-refractivity contribution in [1.29, 1.82) is 0 Å². The van der Waals surface area contributed by atoms with E-state index in [1.807, 2.05) is 35.2 Å². The highest BCUT2D eigenvalue weighted by Gasteiger charge is 2.22. The number of anilines is 2. The van der Waals surface area contributed by atoms with E-state index in [2.05, 4.69) is 44.1 Å². The van der Waals surface area contributed by atoms with Crippen molar-refractivity contribution in [3.8, 4) is 28.3 Å². The van der Waals surface area contributed by atoms with Gasteiger partial charge in [-0.25, -0.2) is 13.8 Å². The molecule has 2 N–H and O–H groups in total. The summed E-state index contributed by atoms with van der Waals surface area (Å²) < 4.78 is 33.5. The first kappa shape index (κ1) is 27.9. The van der Waals surface area contributed by atoms with E-state index in [0.29, 0.717) is 35.5 Å². The molecule has 10 heteroatoms. The second kappa shape index (κ2) is 12.3. The number of halogens is 2. The molecule has 212 valence electrons. The van der Waals surface area contributed by atoms with Crippen LogP contribution in [-0.4, -0.2) is 58.5 Å². The number of carbonyl (C=O) groups is 1. The lowest BCUT2D eigenvalue weighted by Crippen LogP contribution is -2.48. The minimum atomic E-state index is -2.73. The first-order valence-electron chi connectivity index (χ1n) is 13.5. The number of nitrogen functional groups attached to an aromatic ring is 1. The number of ether oxygens (including phenoxy) is 1. The minimum Gasteiger partial charge on any atom is -0.477 e. The maximum Gasteiger partial charge on any atom is 0.280 e. The maximum atomic E-state index is 13.7. The van der Waals surface area contributed by atoms with Gasteiger partial charge in [0.1, 0.15) is 5.69 Å². The highest BCUT2D eigenvalue weighted by molar-refractivity contribution is 5.85. The van der Waals surface area contributed by atoms with Gasteiger partial charge in [0, 0.05) is 56.5 Å². The summed E-state index contributed by atoms with van der Waals surface area (Å²) in [5, 5.41) is 0. The smallest absolute Gasteiger partial charge is 0.280 e. The molecule has 41 heavy (non-hydrogen) atoms. The average molecular weight is 559 g/mol. The van der Waals surface area contributed by atoms with Gasteiger partial charge in [0.25, 0.3) is 6.43 Å². The quantitative estimate of drug-likeness (QED) is 0.312. The van der Waals surface area contributed by atoms with Crippen molar-refractivity contribution in [2.24, 2.45) is 0 Å². The molecule has 8 nitrogen and oxygen atoms in total. The Bertz CT molecular complexity index is 1510. The van der Waals surface area contributed by atoms with E-state index in [1.165, 1.54) is 6.07 Å². The van der Waals surface area contributed by atoms with E-state index in [9.17, 15) is 13.6 Å². The van der Waals surface area contributed by atoms with Gasteiger partial charge in [-0.05, 0) is 42.3 Å². The molecule has 5 rings (SSSR count). The topological polar surface area (TPSA) is 97.5 Å². The fraction of sp³-hybridized carbons (Fsp3) is 0.290. The predicted molar refractivity (Wildman–Crippen MR) is 155 cm³/mol. The summed E-state index contributed by atoms with van der Waals surface area (Å²) in [6, 6.07) is 20.7. The number of benzene rings is 2. The van der Waals surface area contributed by atoms with Gasteiger partial charge in [0.05, 0.1) is 17.9 Å². The lowest BCUT2D eigenvalue weighted by Gasteiger charge is -2.35. The lowest BCUT2D eigenvalue weighted by atomic mass is 9.99. The summed E-state index contributed by atoms with van der Waals surface area (Å²) in [6.07, 6.45) is -2.13. The van der Waals surface area contributed by atoms with Crippen LogP contribution in [-0.2, 0) is 11.2 Å². The Morgan fingerprint density at radius 3 is 2.32 bits per heavy atom. The second-order valence-electron chi connectivity index (χ2n) is 9.96. The van der Waals surface area contributed by atoms with Crippen molar-refractivity contribution in [2.45, 2.75) is 26.7 Å². The Morgan fingerprint density at radius 2 is 1.66 bits per heavy atom. The van der Waals surface area contributed by atoms with E-state index in [0.717, 1.165) is 43.0 Å². The van der Waals surface area contributed by atoms with Gasteiger partial charge >= 0.3 is 0 Å². The third-order valence-corrected chi connectivity index (χ3v) is 7.08. The third-order valence-electron chi connectivity index (χ3n) is 7.08. The number of carbonyl (C=O) groups excluding carboxylic acids is 1. The number of amides is 1. The van der Waals surface area contributed by atoms with Crippen molar-refractivity contribution in [3.05, 3.63) is 83.7 Å². The number of hydrogen-bond donors (Lipinski definition) is 1. The first-order chi connectivity index (χ1) is 19.8. The van der Waals surface area contributed by atoms with Gasteiger partial charge in [0.2, 0.25) is 17.7 Å². The zero-order valence-electron chi connectivity index (χ0n) is 23.1. The summed E-state index contributed by atoms with van der Waals surface area (Å²) >= 11 is 0. The molecule has 0 radical (unpaired) electrons. The fourth-order valence-electron chi connectivity index (χ4n) is 5.00. The van der Waals surface area contributed by atoms with Gasteiger partial charge in [-0.15, -0.1) is 0 Å². The van der Waals surface area contributed by atoms with E-state index in [-0.39, 0.29) is 23.4 Å². The Morgan fingerprint density at radius 1 is 0.951 bits per heavy atom. The summed E-state index contributed by atoms with van der Waals surface area (Å²) in [4.78, 5) is 28.6. The van der Waals surface area contributed by atoms with Crippen LogP contribution in [0.3, 0.4) is 0 Å². The molecule has 0 spiro atoms. The van der Waals surface area contributed by atoms with Crippen LogP contribution in [0, 0.1) is 6.92 Å². The zero-order valence-corrected chi connectivity index (χ0v) is 23.1. The molecule has 1 aliphatic rings. The molecule has 2 aromatic heterocycles. The fourth-order valence-corrected chi connectivity index (χ4v) is 5.00. The molecule has 0 bridgehead atoms. The number of nitrogens with zero attached hydrogens (tertiary/aromatic N) is 5. The number of aryl methyl sites for hydroxylation is 1. The van der Waals surface area contributed by atoms with Gasteiger partial charge < -0.3 is 20.3 Å². The standard InChI is InChI=1S/C31H32F2N6O2/c1-20-18-24(19-26(35-20)29(32)33)27-28(23-6-4-3-5-7-23)36-31(34)37-30(27)41-17-12-22-8-10-25(11-9-22)39-15-13-38(14-16-39)21(2)40/h3-11,18-19,29H,12-17H2,1-2H3,(H2,34,36,37). The molecule has 4 aromatic rings. The van der Waals surface area contributed by atoms with E-state index in [4.69, 9.17) is 10.5 Å². The highest BCUT2D eigenvalue weighted by Crippen LogP contribution is 2.39. The highest BCUT2D eigenvalue weighted by atomic mass is 19.3. The van der Waals surface area contributed by atoms with Crippen LogP contribution in [0.2, 0.25) is 0 Å². The molecular weight excluding hydrogens is 526 g/mol. The Labute approximate surface area is 237 Å². The molecule has 0 aliphatic carbocycles. The molecule has 0 saturated carbocycles. The molecule has 2 aromatic carbocycles. The molecule has 3 heterocycles. The minimum absolute atomic E-state index is 0.0247. The van der Waals surface area contributed by atoms with Crippen molar-refractivity contribution >= 4 is 17.5 Å². The third kappa shape index (κ3) is 6.59. The molecule has 1 aliphatic heterocycles. The van der Waals surface area contributed by atoms with Crippen molar-refractivity contribution in [3.63, 3.8) is 0 Å². The molecular formula is C31H32F2N6O2. The van der Waals surface area contributed by atoms with Gasteiger partial charge in [-0.1, -0.05) is 42.5 Å². The Balaban J connectivity index is 1.37. The Kier molecular flexibility index (Phi) is 8.37. The molecule has 1 saturated heterocycles. The van der Waals surface area contributed by atoms with Crippen LogP contribution in [0.1, 0.15) is 30.3 Å². The second-order valence-corrected chi connectivity index (χ2v) is 9.96. The average Bonchev–Trinajstić information content (AvgIpc) is 2.97. The summed E-state index contributed by atoms with van der Waals surface area (Å²) in [5.74, 6) is 0.358. The van der Waals surface area contributed by atoms with Crippen molar-refractivity contribution < 1.29 is 18.3 Å². The summed E-state index contributed by atoms with van der Waals surface area (Å²) in [6.45, 7) is 6.60. The molecule has 0 unspecified atom stereocenters.